The first-order valence-corrected chi connectivity index (χ1v) is 5.07. The van der Waals surface area contributed by atoms with Gasteiger partial charge >= 0.3 is 5.82 Å². The molecule has 0 fully saturated rings. The predicted octanol–water partition coefficient (Wildman–Crippen LogP) is 2.54. The van der Waals surface area contributed by atoms with E-state index in [4.69, 9.17) is 12.3 Å². The molecule has 0 aliphatic carbocycles. The van der Waals surface area contributed by atoms with Crippen LogP contribution in [-0.4, -0.2) is 9.55 Å². The first-order chi connectivity index (χ1) is 7.24. The van der Waals surface area contributed by atoms with Crippen LogP contribution in [0.4, 0.5) is 11.6 Å². The Hall–Kier alpha value is -1.76. The summed E-state index contributed by atoms with van der Waals surface area (Å²) in [6, 6.07) is 0. The van der Waals surface area contributed by atoms with Crippen molar-refractivity contribution < 1.29 is 0 Å². The molecule has 0 radical (unpaired) electrons. The third kappa shape index (κ3) is 2.38. The van der Waals surface area contributed by atoms with E-state index in [9.17, 15) is 0 Å². The van der Waals surface area contributed by atoms with E-state index < -0.39 is 0 Å². The van der Waals surface area contributed by atoms with E-state index >= 15 is 0 Å². The zero-order chi connectivity index (χ0) is 11.3. The summed E-state index contributed by atoms with van der Waals surface area (Å²) >= 11 is 0. The van der Waals surface area contributed by atoms with Gasteiger partial charge in [0.15, 0.2) is 0 Å². The standard InChI is InChI=1S/C11H16N4/c1-4-6-7-9-14-11(13-3)10(12)15(9)8-5-2/h5H,2,4,6-8,12H2,1H3. The number of anilines is 1. The number of nitrogens with two attached hydrogens (primary N) is 1. The average molecular weight is 204 g/mol. The van der Waals surface area contributed by atoms with Gasteiger partial charge in [0.25, 0.3) is 0 Å². The van der Waals surface area contributed by atoms with E-state index in [2.05, 4.69) is 23.3 Å². The first kappa shape index (κ1) is 11.3. The Morgan fingerprint density at radius 2 is 2.40 bits per heavy atom. The van der Waals surface area contributed by atoms with Crippen LogP contribution in [0.2, 0.25) is 0 Å². The number of hydrogen-bond donors (Lipinski definition) is 1. The molecule has 0 atom stereocenters. The Morgan fingerprint density at radius 1 is 1.67 bits per heavy atom. The number of nitrogens with zero attached hydrogens (tertiary/aromatic N) is 3. The maximum absolute atomic E-state index is 6.95. The van der Waals surface area contributed by atoms with E-state index in [1.165, 1.54) is 0 Å². The molecule has 1 aromatic heterocycles. The summed E-state index contributed by atoms with van der Waals surface area (Å²) in [6.45, 7) is 13.4. The molecule has 0 saturated carbocycles. The highest BCUT2D eigenvalue weighted by Crippen LogP contribution is 2.23. The average Bonchev–Trinajstić information content (AvgIpc) is 2.54. The Bertz CT molecular complexity index is 384. The summed E-state index contributed by atoms with van der Waals surface area (Å²) in [7, 11) is 0. The molecule has 1 aromatic rings. The van der Waals surface area contributed by atoms with Crippen LogP contribution in [0.25, 0.3) is 4.85 Å². The molecule has 0 aliphatic heterocycles. The number of nitrogen functional groups attached to an aromatic ring is 1. The Balaban J connectivity index is 3.02. The number of unbranched alkanes of at least 4 members (excludes halogenated alkanes) is 1. The highest BCUT2D eigenvalue weighted by atomic mass is 15.2. The van der Waals surface area contributed by atoms with E-state index in [1.807, 2.05) is 4.57 Å². The van der Waals surface area contributed by atoms with Gasteiger partial charge in [0.2, 0.25) is 5.82 Å². The fraction of sp³-hybridized carbons (Fsp3) is 0.455. The molecule has 0 saturated heterocycles. The van der Waals surface area contributed by atoms with Gasteiger partial charge in [-0.3, -0.25) is 0 Å². The van der Waals surface area contributed by atoms with E-state index in [-0.39, 0.29) is 0 Å². The largest absolute Gasteiger partial charge is 0.392 e. The maximum Gasteiger partial charge on any atom is 0.311 e. The highest BCUT2D eigenvalue weighted by Gasteiger charge is 2.15. The number of hydrogen-bond acceptors (Lipinski definition) is 2. The molecular formula is C11H16N4. The zero-order valence-corrected chi connectivity index (χ0v) is 9.03. The smallest absolute Gasteiger partial charge is 0.311 e. The van der Waals surface area contributed by atoms with Gasteiger partial charge in [-0.1, -0.05) is 26.0 Å². The summed E-state index contributed by atoms with van der Waals surface area (Å²) in [6.07, 6.45) is 4.80. The summed E-state index contributed by atoms with van der Waals surface area (Å²) in [4.78, 5) is 7.52. The van der Waals surface area contributed by atoms with Crippen molar-refractivity contribution in [1.82, 2.24) is 9.55 Å². The molecule has 0 bridgehead atoms. The van der Waals surface area contributed by atoms with Crippen LogP contribution in [0.5, 0.6) is 0 Å². The van der Waals surface area contributed by atoms with Crippen molar-refractivity contribution in [3.05, 3.63) is 29.9 Å². The van der Waals surface area contributed by atoms with Crippen molar-refractivity contribution in [3.63, 3.8) is 0 Å². The van der Waals surface area contributed by atoms with Crippen LogP contribution in [0.15, 0.2) is 12.7 Å². The lowest BCUT2D eigenvalue weighted by molar-refractivity contribution is 0.691. The van der Waals surface area contributed by atoms with Gasteiger partial charge in [-0.15, -0.1) is 11.6 Å². The van der Waals surface area contributed by atoms with Crippen molar-refractivity contribution in [2.24, 2.45) is 0 Å². The lowest BCUT2D eigenvalue weighted by Gasteiger charge is -2.03. The fourth-order valence-electron chi connectivity index (χ4n) is 1.44. The Labute approximate surface area is 90.2 Å². The topological polar surface area (TPSA) is 48.2 Å². The molecular weight excluding hydrogens is 188 g/mol. The van der Waals surface area contributed by atoms with Crippen LogP contribution in [0, 0.1) is 6.57 Å². The summed E-state index contributed by atoms with van der Waals surface area (Å²) in [5.74, 6) is 1.65. The number of imidazole rings is 1. The lowest BCUT2D eigenvalue weighted by atomic mass is 10.2. The van der Waals surface area contributed by atoms with Crippen molar-refractivity contribution in [3.8, 4) is 0 Å². The van der Waals surface area contributed by atoms with Crippen LogP contribution in [0.1, 0.15) is 25.6 Å². The molecule has 0 amide bonds. The molecule has 4 nitrogen and oxygen atoms in total. The van der Waals surface area contributed by atoms with Gasteiger partial charge in [0, 0.05) is 13.0 Å². The molecule has 0 aromatic carbocycles. The quantitative estimate of drug-likeness (QED) is 0.592. The van der Waals surface area contributed by atoms with Gasteiger partial charge in [0.05, 0.1) is 0 Å². The van der Waals surface area contributed by atoms with E-state index in [1.54, 1.807) is 6.08 Å². The lowest BCUT2D eigenvalue weighted by Crippen LogP contribution is -2.05. The van der Waals surface area contributed by atoms with Gasteiger partial charge in [-0.2, -0.15) is 0 Å². The second-order valence-corrected chi connectivity index (χ2v) is 3.35. The van der Waals surface area contributed by atoms with Crippen molar-refractivity contribution in [2.45, 2.75) is 32.7 Å². The molecule has 0 spiro atoms. The molecule has 0 unspecified atom stereocenters. The van der Waals surface area contributed by atoms with Crippen LogP contribution < -0.4 is 5.73 Å². The molecule has 1 heterocycles. The van der Waals surface area contributed by atoms with Crippen molar-refractivity contribution in [1.29, 1.82) is 0 Å². The summed E-state index contributed by atoms with van der Waals surface area (Å²) in [5.41, 5.74) is 5.81. The number of aromatic nitrogens is 2. The van der Waals surface area contributed by atoms with Gasteiger partial charge < -0.3 is 15.1 Å². The third-order valence-electron chi connectivity index (χ3n) is 2.24. The monoisotopic (exact) mass is 204 g/mol. The fourth-order valence-corrected chi connectivity index (χ4v) is 1.44. The Morgan fingerprint density at radius 3 is 2.93 bits per heavy atom. The third-order valence-corrected chi connectivity index (χ3v) is 2.24. The maximum atomic E-state index is 6.95. The highest BCUT2D eigenvalue weighted by molar-refractivity contribution is 5.59. The first-order valence-electron chi connectivity index (χ1n) is 5.07. The molecule has 2 N–H and O–H groups in total. The molecule has 15 heavy (non-hydrogen) atoms. The summed E-state index contributed by atoms with van der Waals surface area (Å²) in [5, 5.41) is 0. The van der Waals surface area contributed by atoms with Gasteiger partial charge in [-0.25, -0.2) is 0 Å². The number of aryl methyl sites for hydroxylation is 1. The zero-order valence-electron chi connectivity index (χ0n) is 9.03. The minimum absolute atomic E-state index is 0.308. The van der Waals surface area contributed by atoms with E-state index in [0.29, 0.717) is 18.2 Å². The Kier molecular flexibility index (Phi) is 3.92. The van der Waals surface area contributed by atoms with Crippen LogP contribution in [-0.2, 0) is 13.0 Å². The minimum Gasteiger partial charge on any atom is -0.392 e. The molecule has 80 valence electrons. The predicted molar refractivity (Wildman–Crippen MR) is 61.7 cm³/mol. The van der Waals surface area contributed by atoms with Crippen LogP contribution >= 0.6 is 0 Å². The molecule has 0 aliphatic rings. The normalized spacial score (nSPS) is 9.87. The summed E-state index contributed by atoms with van der Waals surface area (Å²) < 4.78 is 1.86. The second-order valence-electron chi connectivity index (χ2n) is 3.35. The molecule has 4 heteroatoms. The van der Waals surface area contributed by atoms with Crippen molar-refractivity contribution >= 4 is 11.6 Å². The van der Waals surface area contributed by atoms with Gasteiger partial charge in [-0.05, 0) is 6.42 Å². The number of rotatable bonds is 5. The van der Waals surface area contributed by atoms with Crippen molar-refractivity contribution in [2.75, 3.05) is 5.73 Å². The second kappa shape index (κ2) is 5.20. The molecule has 1 rings (SSSR count). The SMILES string of the molecule is [C-]#[N+]c1nc(CCCC)n(CC=C)c1N. The van der Waals surface area contributed by atoms with E-state index in [0.717, 1.165) is 25.1 Å². The van der Waals surface area contributed by atoms with Gasteiger partial charge in [0.1, 0.15) is 5.82 Å². The van der Waals surface area contributed by atoms with Crippen LogP contribution in [0.3, 0.4) is 0 Å². The number of allylic oxidation sites excluding steroid dienone is 1. The minimum atomic E-state index is 0.308.